The summed E-state index contributed by atoms with van der Waals surface area (Å²) in [7, 11) is 0. The molecule has 3 atom stereocenters. The van der Waals surface area contributed by atoms with E-state index >= 15 is 0 Å². The standard InChI is InChI=1S/C29H32N4O3/c1-17(2)24(26(34)31-22-14-8-10-18-9-4-5-11-19(18)22)33-27(35)29(3)25-21(15-16-32(29)28(33)36)20-12-6-7-13-23(20)30-25/h4-7,9,11-13,17,22,24,30H,8,10,14-16H2,1-3H3,(H,31,34)/t22-,24+,29+/m1/s1. The van der Waals surface area contributed by atoms with Gasteiger partial charge in [-0.25, -0.2) is 9.69 Å². The first-order valence-electron chi connectivity index (χ1n) is 13.0. The third-order valence-electron chi connectivity index (χ3n) is 8.36. The number of para-hydroxylation sites is 1. The van der Waals surface area contributed by atoms with Crippen molar-refractivity contribution in [3.8, 4) is 0 Å². The van der Waals surface area contributed by atoms with Crippen LogP contribution in [0, 0.1) is 5.92 Å². The highest BCUT2D eigenvalue weighted by atomic mass is 16.2. The van der Waals surface area contributed by atoms with Crippen molar-refractivity contribution in [2.75, 3.05) is 6.54 Å². The summed E-state index contributed by atoms with van der Waals surface area (Å²) in [6.45, 7) is 6.05. The minimum Gasteiger partial charge on any atom is -0.356 e. The third-order valence-corrected chi connectivity index (χ3v) is 8.36. The number of aryl methyl sites for hydroxylation is 1. The van der Waals surface area contributed by atoms with Crippen LogP contribution in [0.15, 0.2) is 48.5 Å². The van der Waals surface area contributed by atoms with Crippen LogP contribution in [-0.4, -0.2) is 45.2 Å². The zero-order chi connectivity index (χ0) is 25.2. The molecule has 1 aliphatic carbocycles. The smallest absolute Gasteiger partial charge is 0.328 e. The summed E-state index contributed by atoms with van der Waals surface area (Å²) in [4.78, 5) is 47.9. The number of aromatic amines is 1. The normalized spacial score (nSPS) is 24.1. The lowest BCUT2D eigenvalue weighted by Crippen LogP contribution is -2.54. The molecule has 1 saturated heterocycles. The Morgan fingerprint density at radius 3 is 2.64 bits per heavy atom. The van der Waals surface area contributed by atoms with Crippen LogP contribution < -0.4 is 5.32 Å². The van der Waals surface area contributed by atoms with Crippen LogP contribution in [0.3, 0.4) is 0 Å². The number of imide groups is 1. The van der Waals surface area contributed by atoms with Gasteiger partial charge in [-0.3, -0.25) is 9.59 Å². The van der Waals surface area contributed by atoms with Gasteiger partial charge in [0, 0.05) is 17.4 Å². The van der Waals surface area contributed by atoms with Gasteiger partial charge >= 0.3 is 6.03 Å². The molecule has 0 spiro atoms. The van der Waals surface area contributed by atoms with E-state index in [4.69, 9.17) is 0 Å². The van der Waals surface area contributed by atoms with Gasteiger partial charge in [0.05, 0.1) is 11.7 Å². The van der Waals surface area contributed by atoms with Crippen LogP contribution in [0.1, 0.15) is 62.0 Å². The highest BCUT2D eigenvalue weighted by molar-refractivity contribution is 6.11. The number of rotatable bonds is 4. The molecule has 2 aromatic carbocycles. The number of benzene rings is 2. The number of fused-ring (bicyclic) bond motifs is 6. The summed E-state index contributed by atoms with van der Waals surface area (Å²) in [5.74, 6) is -0.838. The monoisotopic (exact) mass is 484 g/mol. The van der Waals surface area contributed by atoms with Gasteiger partial charge in [0.1, 0.15) is 6.04 Å². The Labute approximate surface area is 210 Å². The van der Waals surface area contributed by atoms with Crippen LogP contribution in [0.4, 0.5) is 4.79 Å². The Hall–Kier alpha value is -3.61. The molecule has 0 unspecified atom stereocenters. The molecule has 4 amide bonds. The Kier molecular flexibility index (Phi) is 5.21. The van der Waals surface area contributed by atoms with E-state index in [2.05, 4.69) is 28.5 Å². The molecule has 6 rings (SSSR count). The Morgan fingerprint density at radius 2 is 1.83 bits per heavy atom. The number of hydrogen-bond acceptors (Lipinski definition) is 3. The van der Waals surface area contributed by atoms with Crippen molar-refractivity contribution in [1.82, 2.24) is 20.1 Å². The highest BCUT2D eigenvalue weighted by Gasteiger charge is 2.61. The van der Waals surface area contributed by atoms with Gasteiger partial charge in [-0.1, -0.05) is 56.3 Å². The number of H-pyrrole nitrogens is 1. The molecule has 3 heterocycles. The van der Waals surface area contributed by atoms with Crippen molar-refractivity contribution in [2.45, 2.75) is 64.1 Å². The van der Waals surface area contributed by atoms with E-state index in [0.29, 0.717) is 13.0 Å². The molecular formula is C29H32N4O3. The SMILES string of the molecule is CC(C)[C@@H](C(=O)N[C@@H]1CCCc2ccccc21)N1C(=O)N2CCc3c([nH]c4ccccc34)[C@@]2(C)C1=O. The first-order chi connectivity index (χ1) is 17.3. The molecule has 1 aromatic heterocycles. The molecule has 0 radical (unpaired) electrons. The molecule has 186 valence electrons. The van der Waals surface area contributed by atoms with Crippen molar-refractivity contribution in [1.29, 1.82) is 0 Å². The van der Waals surface area contributed by atoms with E-state index in [9.17, 15) is 14.4 Å². The molecule has 7 nitrogen and oxygen atoms in total. The number of nitrogens with one attached hydrogen (secondary N) is 2. The average Bonchev–Trinajstić information content (AvgIpc) is 3.34. The minimum atomic E-state index is -1.16. The van der Waals surface area contributed by atoms with E-state index in [-0.39, 0.29) is 29.8 Å². The van der Waals surface area contributed by atoms with Crippen molar-refractivity contribution < 1.29 is 14.4 Å². The first-order valence-corrected chi connectivity index (χ1v) is 13.0. The van der Waals surface area contributed by atoms with Crippen molar-refractivity contribution >= 4 is 28.7 Å². The number of urea groups is 1. The third kappa shape index (κ3) is 3.14. The Bertz CT molecular complexity index is 1390. The van der Waals surface area contributed by atoms with Gasteiger partial charge in [-0.15, -0.1) is 0 Å². The van der Waals surface area contributed by atoms with Gasteiger partial charge in [-0.05, 0) is 61.3 Å². The fourth-order valence-electron chi connectivity index (χ4n) is 6.54. The van der Waals surface area contributed by atoms with E-state index in [0.717, 1.165) is 47.0 Å². The molecule has 0 saturated carbocycles. The van der Waals surface area contributed by atoms with Gasteiger partial charge in [0.2, 0.25) is 5.91 Å². The van der Waals surface area contributed by atoms with Gasteiger partial charge in [0.25, 0.3) is 5.91 Å². The Morgan fingerprint density at radius 1 is 1.08 bits per heavy atom. The van der Waals surface area contributed by atoms with E-state index in [1.54, 1.807) is 4.90 Å². The number of amides is 4. The van der Waals surface area contributed by atoms with Crippen molar-refractivity contribution in [2.24, 2.45) is 5.92 Å². The zero-order valence-corrected chi connectivity index (χ0v) is 21.0. The van der Waals surface area contributed by atoms with Crippen molar-refractivity contribution in [3.05, 3.63) is 70.9 Å². The van der Waals surface area contributed by atoms with E-state index in [1.807, 2.05) is 51.1 Å². The molecule has 3 aliphatic rings. The number of carbonyl (C=O) groups excluding carboxylic acids is 3. The van der Waals surface area contributed by atoms with Crippen LogP contribution >= 0.6 is 0 Å². The summed E-state index contributed by atoms with van der Waals surface area (Å²) in [6, 6.07) is 14.8. The quantitative estimate of drug-likeness (QED) is 0.538. The van der Waals surface area contributed by atoms with Crippen molar-refractivity contribution in [3.63, 3.8) is 0 Å². The topological polar surface area (TPSA) is 85.5 Å². The second kappa shape index (κ2) is 8.22. The average molecular weight is 485 g/mol. The fraction of sp³-hybridized carbons (Fsp3) is 0.414. The summed E-state index contributed by atoms with van der Waals surface area (Å²) >= 11 is 0. The molecular weight excluding hydrogens is 452 g/mol. The maximum Gasteiger partial charge on any atom is 0.328 e. The maximum absolute atomic E-state index is 14.1. The van der Waals surface area contributed by atoms with Gasteiger partial charge < -0.3 is 15.2 Å². The fourth-order valence-corrected chi connectivity index (χ4v) is 6.54. The van der Waals surface area contributed by atoms with E-state index in [1.165, 1.54) is 10.5 Å². The molecule has 7 heteroatoms. The molecule has 1 fully saturated rings. The zero-order valence-electron chi connectivity index (χ0n) is 21.0. The predicted molar refractivity (Wildman–Crippen MR) is 137 cm³/mol. The lowest BCUT2D eigenvalue weighted by molar-refractivity contribution is -0.141. The highest BCUT2D eigenvalue weighted by Crippen LogP contribution is 2.45. The van der Waals surface area contributed by atoms with Crippen LogP contribution in [-0.2, 0) is 28.0 Å². The summed E-state index contributed by atoms with van der Waals surface area (Å²) in [6.07, 6.45) is 3.50. The molecule has 3 aromatic rings. The van der Waals surface area contributed by atoms with Gasteiger partial charge in [-0.2, -0.15) is 0 Å². The predicted octanol–water partition coefficient (Wildman–Crippen LogP) is 4.42. The number of nitrogens with zero attached hydrogens (tertiary/aromatic N) is 2. The second-order valence-corrected chi connectivity index (χ2v) is 10.8. The van der Waals surface area contributed by atoms with Gasteiger partial charge in [0.15, 0.2) is 5.54 Å². The minimum absolute atomic E-state index is 0.116. The summed E-state index contributed by atoms with van der Waals surface area (Å²) in [5, 5.41) is 4.28. The number of carbonyl (C=O) groups is 3. The Balaban J connectivity index is 1.35. The molecule has 2 N–H and O–H groups in total. The summed E-state index contributed by atoms with van der Waals surface area (Å²) < 4.78 is 0. The van der Waals surface area contributed by atoms with Crippen LogP contribution in [0.5, 0.6) is 0 Å². The lowest BCUT2D eigenvalue weighted by Gasteiger charge is -2.36. The summed E-state index contributed by atoms with van der Waals surface area (Å²) in [5.41, 5.74) is 4.02. The maximum atomic E-state index is 14.1. The molecule has 36 heavy (non-hydrogen) atoms. The number of aromatic nitrogens is 1. The largest absolute Gasteiger partial charge is 0.356 e. The van der Waals surface area contributed by atoms with Crippen LogP contribution in [0.2, 0.25) is 0 Å². The number of hydrogen-bond donors (Lipinski definition) is 2. The first kappa shape index (κ1) is 22.8. The molecule has 0 bridgehead atoms. The second-order valence-electron chi connectivity index (χ2n) is 10.8. The molecule has 2 aliphatic heterocycles. The lowest BCUT2D eigenvalue weighted by atomic mass is 9.86. The van der Waals surface area contributed by atoms with Crippen LogP contribution in [0.25, 0.3) is 10.9 Å². The van der Waals surface area contributed by atoms with E-state index < -0.39 is 11.6 Å².